The van der Waals surface area contributed by atoms with Crippen molar-refractivity contribution in [1.82, 2.24) is 14.3 Å². The third kappa shape index (κ3) is 3.34. The van der Waals surface area contributed by atoms with Crippen molar-refractivity contribution in [2.75, 3.05) is 0 Å². The van der Waals surface area contributed by atoms with Crippen LogP contribution in [-0.4, -0.2) is 24.0 Å². The van der Waals surface area contributed by atoms with Gasteiger partial charge in [-0.2, -0.15) is 4.72 Å². The zero-order valence-corrected chi connectivity index (χ0v) is 11.8. The minimum atomic E-state index is -3.63. The smallest absolute Gasteiger partial charge is 0.260 e. The van der Waals surface area contributed by atoms with E-state index in [-0.39, 0.29) is 5.03 Å². The Labute approximate surface area is 109 Å². The predicted molar refractivity (Wildman–Crippen MR) is 70.5 cm³/mol. The van der Waals surface area contributed by atoms with Gasteiger partial charge < -0.3 is 4.57 Å². The third-order valence-corrected chi connectivity index (χ3v) is 3.94. The molecular formula is C12H19N3O2S. The lowest BCUT2D eigenvalue weighted by atomic mass is 10.3. The van der Waals surface area contributed by atoms with Gasteiger partial charge in [-0.15, -0.1) is 6.42 Å². The first-order valence-electron chi connectivity index (χ1n) is 5.96. The van der Waals surface area contributed by atoms with Crippen molar-refractivity contribution in [3.8, 4) is 12.3 Å². The highest BCUT2D eigenvalue weighted by Gasteiger charge is 2.21. The number of hydrogen-bond donors (Lipinski definition) is 1. The Kier molecular flexibility index (Phi) is 4.93. The topological polar surface area (TPSA) is 64.0 Å². The van der Waals surface area contributed by atoms with Crippen molar-refractivity contribution >= 4 is 10.0 Å². The summed E-state index contributed by atoms with van der Waals surface area (Å²) >= 11 is 0. The average molecular weight is 269 g/mol. The number of aromatic nitrogens is 2. The van der Waals surface area contributed by atoms with Gasteiger partial charge in [0, 0.05) is 12.7 Å². The van der Waals surface area contributed by atoms with Crippen LogP contribution in [0.15, 0.2) is 11.2 Å². The Hall–Kier alpha value is -1.32. The number of aryl methyl sites for hydroxylation is 2. The van der Waals surface area contributed by atoms with Crippen molar-refractivity contribution in [1.29, 1.82) is 0 Å². The normalized spacial score (nSPS) is 13.2. The van der Waals surface area contributed by atoms with Gasteiger partial charge in [0.05, 0.1) is 6.04 Å². The van der Waals surface area contributed by atoms with Gasteiger partial charge >= 0.3 is 0 Å². The molecule has 0 amide bonds. The Morgan fingerprint density at radius 1 is 1.56 bits per heavy atom. The van der Waals surface area contributed by atoms with E-state index in [1.54, 1.807) is 13.1 Å². The van der Waals surface area contributed by atoms with Crippen LogP contribution in [0.5, 0.6) is 0 Å². The van der Waals surface area contributed by atoms with Crippen LogP contribution in [0.2, 0.25) is 0 Å². The van der Waals surface area contributed by atoms with Crippen molar-refractivity contribution in [3.63, 3.8) is 0 Å². The van der Waals surface area contributed by atoms with Gasteiger partial charge in [-0.25, -0.2) is 13.4 Å². The minimum absolute atomic E-state index is 0.0298. The molecule has 0 aliphatic carbocycles. The van der Waals surface area contributed by atoms with Crippen molar-refractivity contribution < 1.29 is 8.42 Å². The molecule has 0 aliphatic rings. The number of terminal acetylenes is 1. The molecule has 0 saturated carbocycles. The van der Waals surface area contributed by atoms with E-state index in [1.165, 1.54) is 0 Å². The highest BCUT2D eigenvalue weighted by molar-refractivity contribution is 7.89. The summed E-state index contributed by atoms with van der Waals surface area (Å²) in [6.07, 6.45) is 8.26. The van der Waals surface area contributed by atoms with Crippen LogP contribution in [0.25, 0.3) is 0 Å². The van der Waals surface area contributed by atoms with Gasteiger partial charge in [0.25, 0.3) is 10.0 Å². The fourth-order valence-corrected chi connectivity index (χ4v) is 2.81. The molecule has 18 heavy (non-hydrogen) atoms. The summed E-state index contributed by atoms with van der Waals surface area (Å²) in [6.45, 7) is 6.39. The molecule has 1 aromatic rings. The van der Waals surface area contributed by atoms with Crippen molar-refractivity contribution in [2.24, 2.45) is 0 Å². The molecular weight excluding hydrogens is 250 g/mol. The number of hydrogen-bond acceptors (Lipinski definition) is 3. The van der Waals surface area contributed by atoms with Crippen LogP contribution in [0, 0.1) is 19.3 Å². The van der Waals surface area contributed by atoms with Crippen LogP contribution in [0.4, 0.5) is 0 Å². The number of nitrogens with zero attached hydrogens (tertiary/aromatic N) is 2. The van der Waals surface area contributed by atoms with Gasteiger partial charge in [0.2, 0.25) is 0 Å². The second-order valence-electron chi connectivity index (χ2n) is 4.07. The number of rotatable bonds is 6. The first-order valence-corrected chi connectivity index (χ1v) is 7.45. The SMILES string of the molecule is C#CC(CC)NS(=O)(=O)c1cn(CCC)c(C)n1. The molecule has 5 nitrogen and oxygen atoms in total. The lowest BCUT2D eigenvalue weighted by Crippen LogP contribution is -2.33. The molecule has 0 spiro atoms. The Balaban J connectivity index is 2.99. The standard InChI is InChI=1S/C12H19N3O2S/c1-5-8-15-9-12(13-10(15)4)18(16,17)14-11(6-2)7-3/h2,9,11,14H,5,7-8H2,1,3-4H3. The maximum absolute atomic E-state index is 12.0. The van der Waals surface area contributed by atoms with E-state index in [1.807, 2.05) is 18.4 Å². The van der Waals surface area contributed by atoms with E-state index >= 15 is 0 Å². The fraction of sp³-hybridized carbons (Fsp3) is 0.583. The molecule has 0 aromatic carbocycles. The van der Waals surface area contributed by atoms with Crippen LogP contribution in [-0.2, 0) is 16.6 Å². The second kappa shape index (κ2) is 6.03. The summed E-state index contributed by atoms with van der Waals surface area (Å²) in [5.41, 5.74) is 0. The summed E-state index contributed by atoms with van der Waals surface area (Å²) in [5.74, 6) is 3.09. The molecule has 0 fully saturated rings. The molecule has 100 valence electrons. The number of sulfonamides is 1. The van der Waals surface area contributed by atoms with Gasteiger partial charge in [0.1, 0.15) is 5.82 Å². The van der Waals surface area contributed by atoms with E-state index in [9.17, 15) is 8.42 Å². The highest BCUT2D eigenvalue weighted by atomic mass is 32.2. The molecule has 6 heteroatoms. The van der Waals surface area contributed by atoms with Gasteiger partial charge in [0.15, 0.2) is 5.03 Å². The molecule has 0 aliphatic heterocycles. The van der Waals surface area contributed by atoms with E-state index in [4.69, 9.17) is 6.42 Å². The number of nitrogens with one attached hydrogen (secondary N) is 1. The zero-order chi connectivity index (χ0) is 13.8. The lowest BCUT2D eigenvalue weighted by molar-refractivity contribution is 0.567. The summed E-state index contributed by atoms with van der Waals surface area (Å²) in [6, 6.07) is -0.494. The molecule has 1 atom stereocenters. The third-order valence-electron chi connectivity index (χ3n) is 2.60. The van der Waals surface area contributed by atoms with Crippen LogP contribution >= 0.6 is 0 Å². The molecule has 1 unspecified atom stereocenters. The van der Waals surface area contributed by atoms with E-state index < -0.39 is 16.1 Å². The first-order chi connectivity index (χ1) is 8.44. The molecule has 0 bridgehead atoms. The molecule has 0 radical (unpaired) electrons. The maximum Gasteiger partial charge on any atom is 0.260 e. The molecule has 0 saturated heterocycles. The van der Waals surface area contributed by atoms with Gasteiger partial charge in [-0.1, -0.05) is 19.8 Å². The van der Waals surface area contributed by atoms with Gasteiger partial charge in [-0.05, 0) is 19.8 Å². The van der Waals surface area contributed by atoms with E-state index in [0.29, 0.717) is 12.2 Å². The van der Waals surface area contributed by atoms with E-state index in [2.05, 4.69) is 15.6 Å². The molecule has 1 aromatic heterocycles. The van der Waals surface area contributed by atoms with Gasteiger partial charge in [-0.3, -0.25) is 0 Å². The van der Waals surface area contributed by atoms with Crippen LogP contribution in [0.3, 0.4) is 0 Å². The first kappa shape index (κ1) is 14.7. The molecule has 1 N–H and O–H groups in total. The highest BCUT2D eigenvalue weighted by Crippen LogP contribution is 2.10. The van der Waals surface area contributed by atoms with Crippen molar-refractivity contribution in [3.05, 3.63) is 12.0 Å². The average Bonchev–Trinajstić information content (AvgIpc) is 2.69. The monoisotopic (exact) mass is 269 g/mol. The Bertz CT molecular complexity index is 540. The number of imidazole rings is 1. The van der Waals surface area contributed by atoms with Crippen LogP contribution < -0.4 is 4.72 Å². The Morgan fingerprint density at radius 2 is 2.22 bits per heavy atom. The minimum Gasteiger partial charge on any atom is -0.334 e. The predicted octanol–water partition coefficient (Wildman–Crippen LogP) is 1.29. The molecule has 1 heterocycles. The summed E-state index contributed by atoms with van der Waals surface area (Å²) in [5, 5.41) is 0.0298. The zero-order valence-electron chi connectivity index (χ0n) is 11.0. The summed E-state index contributed by atoms with van der Waals surface area (Å²) < 4.78 is 28.4. The largest absolute Gasteiger partial charge is 0.334 e. The fourth-order valence-electron chi connectivity index (χ4n) is 1.56. The van der Waals surface area contributed by atoms with Crippen LogP contribution in [0.1, 0.15) is 32.5 Å². The summed E-state index contributed by atoms with van der Waals surface area (Å²) in [4.78, 5) is 4.07. The van der Waals surface area contributed by atoms with Crippen molar-refractivity contribution in [2.45, 2.75) is 51.2 Å². The Morgan fingerprint density at radius 3 is 2.72 bits per heavy atom. The quantitative estimate of drug-likeness (QED) is 0.792. The second-order valence-corrected chi connectivity index (χ2v) is 5.73. The molecule has 1 rings (SSSR count). The summed E-state index contributed by atoms with van der Waals surface area (Å²) in [7, 11) is -3.63. The maximum atomic E-state index is 12.0. The van der Waals surface area contributed by atoms with E-state index in [0.717, 1.165) is 13.0 Å². The lowest BCUT2D eigenvalue weighted by Gasteiger charge is -2.09.